The number of methoxy groups -OCH3 is 1. The van der Waals surface area contributed by atoms with E-state index in [1.807, 2.05) is 16.7 Å². The van der Waals surface area contributed by atoms with Gasteiger partial charge in [-0.25, -0.2) is 0 Å². The maximum Gasteiger partial charge on any atom is 0.234 e. The Balaban J connectivity index is 1.49. The molecule has 0 aliphatic carbocycles. The van der Waals surface area contributed by atoms with Gasteiger partial charge in [-0.2, -0.15) is 0 Å². The predicted molar refractivity (Wildman–Crippen MR) is 120 cm³/mol. The van der Waals surface area contributed by atoms with Crippen molar-refractivity contribution < 1.29 is 14.3 Å². The molecule has 1 atom stereocenters. The molecular weight excluding hydrogens is 438 g/mol. The van der Waals surface area contributed by atoms with E-state index in [1.54, 1.807) is 37.7 Å². The molecule has 162 valence electrons. The number of anilines is 1. The summed E-state index contributed by atoms with van der Waals surface area (Å²) in [4.78, 5) is 16.6. The fourth-order valence-electron chi connectivity index (χ4n) is 3.36. The van der Waals surface area contributed by atoms with Crippen molar-refractivity contribution in [3.63, 3.8) is 0 Å². The van der Waals surface area contributed by atoms with E-state index in [9.17, 15) is 4.79 Å². The molecule has 8 nitrogen and oxygen atoms in total. The maximum absolute atomic E-state index is 12.6. The van der Waals surface area contributed by atoms with E-state index < -0.39 is 0 Å². The molecule has 0 spiro atoms. The fraction of sp³-hybridized carbons (Fsp3) is 0.333. The van der Waals surface area contributed by atoms with Gasteiger partial charge in [-0.15, -0.1) is 10.2 Å². The van der Waals surface area contributed by atoms with Crippen molar-refractivity contribution in [2.45, 2.75) is 30.6 Å². The van der Waals surface area contributed by atoms with Crippen LogP contribution in [0.2, 0.25) is 5.02 Å². The van der Waals surface area contributed by atoms with Crippen LogP contribution in [-0.2, 0) is 16.1 Å². The van der Waals surface area contributed by atoms with E-state index in [0.717, 1.165) is 30.8 Å². The van der Waals surface area contributed by atoms with Crippen molar-refractivity contribution in [2.24, 2.45) is 0 Å². The van der Waals surface area contributed by atoms with Crippen LogP contribution < -0.4 is 10.1 Å². The zero-order valence-electron chi connectivity index (χ0n) is 17.0. The highest BCUT2D eigenvalue weighted by Gasteiger charge is 2.22. The lowest BCUT2D eigenvalue weighted by Crippen LogP contribution is -2.18. The smallest absolute Gasteiger partial charge is 0.234 e. The zero-order chi connectivity index (χ0) is 21.6. The molecule has 1 N–H and O–H groups in total. The second-order valence-corrected chi connectivity index (χ2v) is 8.35. The second kappa shape index (κ2) is 10.1. The van der Waals surface area contributed by atoms with Gasteiger partial charge in [0.2, 0.25) is 5.91 Å². The number of pyridine rings is 1. The first kappa shape index (κ1) is 21.6. The van der Waals surface area contributed by atoms with E-state index >= 15 is 0 Å². The van der Waals surface area contributed by atoms with E-state index in [1.165, 1.54) is 11.8 Å². The molecule has 1 saturated heterocycles. The first-order valence-electron chi connectivity index (χ1n) is 9.85. The van der Waals surface area contributed by atoms with Crippen molar-refractivity contribution in [1.82, 2.24) is 19.7 Å². The predicted octanol–water partition coefficient (Wildman–Crippen LogP) is 3.91. The largest absolute Gasteiger partial charge is 0.495 e. The first-order chi connectivity index (χ1) is 15.1. The van der Waals surface area contributed by atoms with Gasteiger partial charge < -0.3 is 14.8 Å². The average molecular weight is 460 g/mol. The summed E-state index contributed by atoms with van der Waals surface area (Å²) < 4.78 is 13.1. The molecule has 1 amide bonds. The number of benzene rings is 1. The Morgan fingerprint density at radius 1 is 1.32 bits per heavy atom. The molecule has 4 rings (SSSR count). The van der Waals surface area contributed by atoms with Crippen molar-refractivity contribution >= 4 is 35.0 Å². The van der Waals surface area contributed by atoms with Crippen molar-refractivity contribution in [3.05, 3.63) is 47.7 Å². The molecule has 2 aromatic heterocycles. The van der Waals surface area contributed by atoms with Crippen LogP contribution in [0.5, 0.6) is 5.75 Å². The minimum absolute atomic E-state index is 0.112. The molecule has 1 aliphatic heterocycles. The number of nitrogens with one attached hydrogen (secondary N) is 1. The van der Waals surface area contributed by atoms with Crippen LogP contribution in [0, 0.1) is 0 Å². The molecule has 10 heteroatoms. The molecule has 0 saturated carbocycles. The normalized spacial score (nSPS) is 15.7. The number of thioether (sulfide) groups is 1. The molecule has 1 fully saturated rings. The summed E-state index contributed by atoms with van der Waals surface area (Å²) in [5, 5.41) is 12.7. The van der Waals surface area contributed by atoms with E-state index in [0.29, 0.717) is 28.2 Å². The Kier molecular flexibility index (Phi) is 7.06. The molecule has 3 heterocycles. The van der Waals surface area contributed by atoms with Crippen LogP contribution in [0.4, 0.5) is 5.69 Å². The minimum atomic E-state index is -0.192. The Bertz CT molecular complexity index is 1040. The first-order valence-corrected chi connectivity index (χ1v) is 11.2. The number of ether oxygens (including phenoxy) is 2. The van der Waals surface area contributed by atoms with E-state index in [2.05, 4.69) is 20.5 Å². The summed E-state index contributed by atoms with van der Waals surface area (Å²) in [5.74, 6) is 1.25. The van der Waals surface area contributed by atoms with Crippen LogP contribution in [0.15, 0.2) is 47.9 Å². The van der Waals surface area contributed by atoms with Crippen LogP contribution in [0.3, 0.4) is 0 Å². The van der Waals surface area contributed by atoms with Gasteiger partial charge in [0, 0.05) is 29.6 Å². The maximum atomic E-state index is 12.6. The Morgan fingerprint density at radius 2 is 2.16 bits per heavy atom. The number of carbonyl (C=O) groups is 1. The summed E-state index contributed by atoms with van der Waals surface area (Å²) in [6, 6.07) is 8.86. The second-order valence-electron chi connectivity index (χ2n) is 6.97. The van der Waals surface area contributed by atoms with Crippen LogP contribution in [0.1, 0.15) is 12.8 Å². The summed E-state index contributed by atoms with van der Waals surface area (Å²) in [6.45, 7) is 1.40. The quantitative estimate of drug-likeness (QED) is 0.510. The Labute approximate surface area is 189 Å². The number of amides is 1. The number of carbonyl (C=O) groups excluding carboxylic acids is 1. The minimum Gasteiger partial charge on any atom is -0.495 e. The third-order valence-electron chi connectivity index (χ3n) is 4.83. The number of rotatable bonds is 8. The molecule has 0 unspecified atom stereocenters. The standard InChI is InChI=1S/C21H22ClN5O3S/c1-29-18-5-4-15(22)11-17(18)24-19(28)13-31-21-26-25-20(14-6-8-23-9-7-14)27(21)12-16-3-2-10-30-16/h4-9,11,16H,2-3,10,12-13H2,1H3,(H,24,28)/t16-/m1/s1. The molecule has 3 aromatic rings. The van der Waals surface area contributed by atoms with Gasteiger partial charge in [0.05, 0.1) is 31.2 Å². The van der Waals surface area contributed by atoms with Gasteiger partial charge >= 0.3 is 0 Å². The monoisotopic (exact) mass is 459 g/mol. The summed E-state index contributed by atoms with van der Waals surface area (Å²) in [5.41, 5.74) is 1.44. The van der Waals surface area contributed by atoms with Gasteiger partial charge in [-0.1, -0.05) is 23.4 Å². The number of nitrogens with zero attached hydrogens (tertiary/aromatic N) is 4. The highest BCUT2D eigenvalue weighted by atomic mass is 35.5. The summed E-state index contributed by atoms with van der Waals surface area (Å²) in [7, 11) is 1.54. The fourth-order valence-corrected chi connectivity index (χ4v) is 4.28. The van der Waals surface area contributed by atoms with Gasteiger partial charge in [0.25, 0.3) is 0 Å². The van der Waals surface area contributed by atoms with Crippen molar-refractivity contribution in [3.8, 4) is 17.1 Å². The zero-order valence-corrected chi connectivity index (χ0v) is 18.5. The topological polar surface area (TPSA) is 91.2 Å². The van der Waals surface area contributed by atoms with Crippen LogP contribution in [0.25, 0.3) is 11.4 Å². The van der Waals surface area contributed by atoms with Gasteiger partial charge in [0.15, 0.2) is 11.0 Å². The SMILES string of the molecule is COc1ccc(Cl)cc1NC(=O)CSc1nnc(-c2ccncc2)n1C[C@H]1CCCO1. The van der Waals surface area contributed by atoms with Crippen molar-refractivity contribution in [1.29, 1.82) is 0 Å². The summed E-state index contributed by atoms with van der Waals surface area (Å²) >= 11 is 7.37. The lowest BCUT2D eigenvalue weighted by atomic mass is 10.2. The molecule has 1 aliphatic rings. The molecule has 1 aromatic carbocycles. The average Bonchev–Trinajstić information content (AvgIpc) is 3.43. The lowest BCUT2D eigenvalue weighted by Gasteiger charge is -2.15. The molecule has 0 radical (unpaired) electrons. The third kappa shape index (κ3) is 5.36. The molecule has 0 bridgehead atoms. The summed E-state index contributed by atoms with van der Waals surface area (Å²) in [6.07, 6.45) is 5.59. The van der Waals surface area contributed by atoms with E-state index in [-0.39, 0.29) is 17.8 Å². The Morgan fingerprint density at radius 3 is 2.90 bits per heavy atom. The van der Waals surface area contributed by atoms with Crippen LogP contribution in [-0.4, -0.2) is 51.2 Å². The number of hydrogen-bond donors (Lipinski definition) is 1. The van der Waals surface area contributed by atoms with Crippen molar-refractivity contribution in [2.75, 3.05) is 24.8 Å². The van der Waals surface area contributed by atoms with Gasteiger partial charge in [-0.05, 0) is 43.2 Å². The highest BCUT2D eigenvalue weighted by molar-refractivity contribution is 7.99. The molecular formula is C21H22ClN5O3S. The number of halogens is 1. The number of aromatic nitrogens is 4. The highest BCUT2D eigenvalue weighted by Crippen LogP contribution is 2.29. The van der Waals surface area contributed by atoms with Gasteiger partial charge in [0.1, 0.15) is 5.75 Å². The van der Waals surface area contributed by atoms with Crippen LogP contribution >= 0.6 is 23.4 Å². The molecule has 31 heavy (non-hydrogen) atoms. The van der Waals surface area contributed by atoms with Gasteiger partial charge in [-0.3, -0.25) is 14.3 Å². The Hall–Kier alpha value is -2.62. The van der Waals surface area contributed by atoms with E-state index in [4.69, 9.17) is 21.1 Å². The lowest BCUT2D eigenvalue weighted by molar-refractivity contribution is -0.113. The third-order valence-corrected chi connectivity index (χ3v) is 6.04. The number of hydrogen-bond acceptors (Lipinski definition) is 7.